The van der Waals surface area contributed by atoms with Gasteiger partial charge in [0.15, 0.2) is 5.92 Å². The third kappa shape index (κ3) is 2.35. The fraction of sp³-hybridized carbons (Fsp3) is 0.333. The van der Waals surface area contributed by atoms with Crippen molar-refractivity contribution in [3.63, 3.8) is 0 Å². The van der Waals surface area contributed by atoms with Crippen molar-refractivity contribution >= 4 is 11.9 Å². The van der Waals surface area contributed by atoms with Crippen LogP contribution in [0.1, 0.15) is 5.76 Å². The SMILES string of the molecule is COC(=O)[C@H](Cc1ccco1)C(=O)O. The second-order valence-corrected chi connectivity index (χ2v) is 2.70. The van der Waals surface area contributed by atoms with Gasteiger partial charge in [-0.25, -0.2) is 0 Å². The van der Waals surface area contributed by atoms with Crippen molar-refractivity contribution in [3.05, 3.63) is 24.2 Å². The molecule has 5 heteroatoms. The van der Waals surface area contributed by atoms with Crippen LogP contribution >= 0.6 is 0 Å². The summed E-state index contributed by atoms with van der Waals surface area (Å²) in [6.45, 7) is 0. The van der Waals surface area contributed by atoms with Gasteiger partial charge in [-0.15, -0.1) is 0 Å². The highest BCUT2D eigenvalue weighted by molar-refractivity contribution is 5.94. The molecule has 0 aliphatic heterocycles. The lowest BCUT2D eigenvalue weighted by Gasteiger charge is -2.07. The van der Waals surface area contributed by atoms with E-state index < -0.39 is 17.9 Å². The van der Waals surface area contributed by atoms with E-state index in [-0.39, 0.29) is 6.42 Å². The Morgan fingerprint density at radius 1 is 1.64 bits per heavy atom. The van der Waals surface area contributed by atoms with Crippen molar-refractivity contribution in [1.29, 1.82) is 0 Å². The van der Waals surface area contributed by atoms with E-state index in [1.807, 2.05) is 0 Å². The van der Waals surface area contributed by atoms with E-state index in [9.17, 15) is 9.59 Å². The molecular formula is C9H10O5. The summed E-state index contributed by atoms with van der Waals surface area (Å²) in [4.78, 5) is 21.7. The van der Waals surface area contributed by atoms with Crippen molar-refractivity contribution in [3.8, 4) is 0 Å². The number of esters is 1. The number of hydrogen-bond acceptors (Lipinski definition) is 4. The van der Waals surface area contributed by atoms with E-state index in [0.29, 0.717) is 5.76 Å². The van der Waals surface area contributed by atoms with E-state index >= 15 is 0 Å². The number of furan rings is 1. The molecule has 0 spiro atoms. The number of ether oxygens (including phenoxy) is 1. The van der Waals surface area contributed by atoms with Crippen LogP contribution in [0.5, 0.6) is 0 Å². The van der Waals surface area contributed by atoms with Gasteiger partial charge in [0.2, 0.25) is 0 Å². The van der Waals surface area contributed by atoms with Crippen molar-refractivity contribution in [2.75, 3.05) is 7.11 Å². The standard InChI is InChI=1S/C9H10O5/c1-13-9(12)7(8(10)11)5-6-3-2-4-14-6/h2-4,7H,5H2,1H3,(H,10,11)/t7-/m1/s1. The molecule has 1 rings (SSSR count). The minimum absolute atomic E-state index is 0.00894. The Bertz CT molecular complexity index is 314. The molecule has 76 valence electrons. The number of methoxy groups -OCH3 is 1. The summed E-state index contributed by atoms with van der Waals surface area (Å²) >= 11 is 0. The predicted molar refractivity (Wildman–Crippen MR) is 45.6 cm³/mol. The number of aliphatic carboxylic acids is 1. The number of carboxylic acids is 1. The molecule has 14 heavy (non-hydrogen) atoms. The molecule has 0 radical (unpaired) electrons. The summed E-state index contributed by atoms with van der Waals surface area (Å²) < 4.78 is 9.30. The van der Waals surface area contributed by atoms with E-state index in [4.69, 9.17) is 9.52 Å². The van der Waals surface area contributed by atoms with Crippen LogP contribution in [0.25, 0.3) is 0 Å². The number of rotatable bonds is 4. The van der Waals surface area contributed by atoms with Gasteiger partial charge in [-0.1, -0.05) is 0 Å². The van der Waals surface area contributed by atoms with Gasteiger partial charge in [0.05, 0.1) is 13.4 Å². The van der Waals surface area contributed by atoms with Crippen LogP contribution in [-0.2, 0) is 20.7 Å². The van der Waals surface area contributed by atoms with Gasteiger partial charge in [-0.2, -0.15) is 0 Å². The average molecular weight is 198 g/mol. The molecule has 0 aromatic carbocycles. The first kappa shape index (κ1) is 10.3. The van der Waals surface area contributed by atoms with E-state index in [0.717, 1.165) is 7.11 Å². The molecule has 1 aromatic rings. The topological polar surface area (TPSA) is 76.7 Å². The zero-order chi connectivity index (χ0) is 10.6. The minimum Gasteiger partial charge on any atom is -0.481 e. The van der Waals surface area contributed by atoms with Crippen LogP contribution in [0.3, 0.4) is 0 Å². The first-order valence-corrected chi connectivity index (χ1v) is 3.98. The van der Waals surface area contributed by atoms with Gasteiger partial charge in [0.1, 0.15) is 5.76 Å². The first-order valence-electron chi connectivity index (χ1n) is 3.98. The van der Waals surface area contributed by atoms with Crippen LogP contribution in [0.2, 0.25) is 0 Å². The fourth-order valence-corrected chi connectivity index (χ4v) is 1.04. The van der Waals surface area contributed by atoms with E-state index in [2.05, 4.69) is 4.74 Å². The molecule has 1 aromatic heterocycles. The van der Waals surface area contributed by atoms with Crippen LogP contribution in [-0.4, -0.2) is 24.2 Å². The Morgan fingerprint density at radius 3 is 2.79 bits per heavy atom. The lowest BCUT2D eigenvalue weighted by molar-refractivity contribution is -0.156. The van der Waals surface area contributed by atoms with Crippen molar-refractivity contribution in [2.45, 2.75) is 6.42 Å². The van der Waals surface area contributed by atoms with Crippen LogP contribution in [0.15, 0.2) is 22.8 Å². The monoisotopic (exact) mass is 198 g/mol. The summed E-state index contributed by atoms with van der Waals surface area (Å²) in [5.74, 6) is -2.74. The highest BCUT2D eigenvalue weighted by Gasteiger charge is 2.28. The normalized spacial score (nSPS) is 12.1. The molecule has 1 N–H and O–H groups in total. The lowest BCUT2D eigenvalue weighted by atomic mass is 10.0. The van der Waals surface area contributed by atoms with Crippen molar-refractivity contribution in [1.82, 2.24) is 0 Å². The Balaban J connectivity index is 2.70. The number of carboxylic acid groups (broad SMARTS) is 1. The smallest absolute Gasteiger partial charge is 0.320 e. The zero-order valence-corrected chi connectivity index (χ0v) is 7.60. The summed E-state index contributed by atoms with van der Waals surface area (Å²) in [5, 5.41) is 8.73. The van der Waals surface area contributed by atoms with E-state index in [1.165, 1.54) is 6.26 Å². The van der Waals surface area contributed by atoms with Gasteiger partial charge in [-0.3, -0.25) is 9.59 Å². The Labute approximate surface area is 80.3 Å². The maximum absolute atomic E-state index is 11.0. The molecule has 1 heterocycles. The van der Waals surface area contributed by atoms with Crippen LogP contribution < -0.4 is 0 Å². The maximum Gasteiger partial charge on any atom is 0.320 e. The van der Waals surface area contributed by atoms with Crippen molar-refractivity contribution < 1.29 is 23.8 Å². The quantitative estimate of drug-likeness (QED) is 0.569. The Kier molecular flexibility index (Phi) is 3.28. The Morgan fingerprint density at radius 2 is 2.36 bits per heavy atom. The van der Waals surface area contributed by atoms with Gasteiger partial charge >= 0.3 is 11.9 Å². The molecule has 0 saturated carbocycles. The molecule has 5 nitrogen and oxygen atoms in total. The summed E-state index contributed by atoms with van der Waals surface area (Å²) in [5.41, 5.74) is 0. The highest BCUT2D eigenvalue weighted by atomic mass is 16.5. The van der Waals surface area contributed by atoms with Crippen LogP contribution in [0.4, 0.5) is 0 Å². The summed E-state index contributed by atoms with van der Waals surface area (Å²) in [6.07, 6.45) is 1.43. The van der Waals surface area contributed by atoms with Gasteiger partial charge < -0.3 is 14.3 Å². The van der Waals surface area contributed by atoms with E-state index in [1.54, 1.807) is 12.1 Å². The third-order valence-corrected chi connectivity index (χ3v) is 1.77. The summed E-state index contributed by atoms with van der Waals surface area (Å²) in [6, 6.07) is 3.24. The third-order valence-electron chi connectivity index (χ3n) is 1.77. The lowest BCUT2D eigenvalue weighted by Crippen LogP contribution is -2.26. The second kappa shape index (κ2) is 4.45. The molecule has 0 amide bonds. The van der Waals surface area contributed by atoms with Crippen LogP contribution in [0, 0.1) is 5.92 Å². The van der Waals surface area contributed by atoms with Crippen molar-refractivity contribution in [2.24, 2.45) is 5.92 Å². The molecule has 0 aliphatic carbocycles. The molecule has 0 unspecified atom stereocenters. The molecule has 1 atom stereocenters. The highest BCUT2D eigenvalue weighted by Crippen LogP contribution is 2.11. The maximum atomic E-state index is 11.0. The first-order chi connectivity index (χ1) is 6.65. The zero-order valence-electron chi connectivity index (χ0n) is 7.60. The average Bonchev–Trinajstić information content (AvgIpc) is 2.65. The molecule has 0 aliphatic rings. The van der Waals surface area contributed by atoms with Gasteiger partial charge in [-0.05, 0) is 12.1 Å². The fourth-order valence-electron chi connectivity index (χ4n) is 1.04. The largest absolute Gasteiger partial charge is 0.481 e. The molecular weight excluding hydrogens is 188 g/mol. The molecule has 0 saturated heterocycles. The molecule has 0 fully saturated rings. The number of carbonyl (C=O) groups is 2. The second-order valence-electron chi connectivity index (χ2n) is 2.70. The number of hydrogen-bond donors (Lipinski definition) is 1. The Hall–Kier alpha value is -1.78. The minimum atomic E-state index is -1.21. The number of carbonyl (C=O) groups excluding carboxylic acids is 1. The van der Waals surface area contributed by atoms with Gasteiger partial charge in [0.25, 0.3) is 0 Å². The predicted octanol–water partition coefficient (Wildman–Crippen LogP) is 0.696. The summed E-state index contributed by atoms with van der Waals surface area (Å²) in [7, 11) is 1.15. The van der Waals surface area contributed by atoms with Gasteiger partial charge in [0, 0.05) is 6.42 Å². The molecule has 0 bridgehead atoms.